The third-order valence-corrected chi connectivity index (χ3v) is 17.4. The highest BCUT2D eigenvalue weighted by molar-refractivity contribution is 8.09. The number of anilines is 1. The molecule has 406 valence electrons. The summed E-state index contributed by atoms with van der Waals surface area (Å²) in [7, 11) is 2.11. The van der Waals surface area contributed by atoms with E-state index in [0.29, 0.717) is 6.42 Å². The number of ether oxygens (including phenoxy) is 2. The van der Waals surface area contributed by atoms with E-state index in [2.05, 4.69) is 112 Å². The monoisotopic (exact) mass is 1100 g/mol. The summed E-state index contributed by atoms with van der Waals surface area (Å²) in [5, 5.41) is 29.4. The number of H-pyrrole nitrogens is 1. The van der Waals surface area contributed by atoms with E-state index in [-0.39, 0.29) is 92.8 Å². The Morgan fingerprint density at radius 1 is 0.882 bits per heavy atom. The molecular weight excluding hydrogens is 1030 g/mol. The molecular formula is C53H70N12O8P2S. The first-order valence-corrected chi connectivity index (χ1v) is 29.3. The van der Waals surface area contributed by atoms with E-state index in [1.807, 2.05) is 73.6 Å². The largest absolute Gasteiger partial charge is 0.369 e. The highest BCUT2D eigenvalue weighted by Crippen LogP contribution is 2.50. The van der Waals surface area contributed by atoms with Crippen molar-refractivity contribution >= 4 is 56.3 Å². The van der Waals surface area contributed by atoms with Gasteiger partial charge in [0.05, 0.1) is 81.8 Å². The van der Waals surface area contributed by atoms with Crippen LogP contribution in [0.3, 0.4) is 0 Å². The number of carbonyl (C=O) groups excluding carboxylic acids is 1. The third-order valence-electron chi connectivity index (χ3n) is 12.7. The SMILES string of the molecule is CC(C)C(=O)Nc1nc2c(ncn2C2CC(NP(=S)(OCCC#N)OCC3OC(/N=C\N(C)C)CC3NC(c3ccccc3)(c3ccccc3)c3ccccc3)C(COP(OCCC#N)N(C(C)C)C(C)C)O2)c(=O)[nH]1. The maximum atomic E-state index is 13.3. The van der Waals surface area contributed by atoms with E-state index in [1.54, 1.807) is 24.8 Å². The topological polar surface area (TPSA) is 239 Å². The van der Waals surface area contributed by atoms with Crippen molar-refractivity contribution in [3.05, 3.63) is 124 Å². The predicted octanol–water partition coefficient (Wildman–Crippen LogP) is 8.08. The van der Waals surface area contributed by atoms with Gasteiger partial charge in [-0.15, -0.1) is 0 Å². The van der Waals surface area contributed by atoms with Crippen LogP contribution in [0, 0.1) is 28.6 Å². The molecule has 8 atom stereocenters. The predicted molar refractivity (Wildman–Crippen MR) is 296 cm³/mol. The third kappa shape index (κ3) is 14.6. The number of rotatable bonds is 27. The van der Waals surface area contributed by atoms with Crippen molar-refractivity contribution in [2.75, 3.05) is 45.8 Å². The first-order chi connectivity index (χ1) is 36.5. The number of benzene rings is 3. The molecule has 1 amide bonds. The van der Waals surface area contributed by atoms with Gasteiger partial charge in [0.2, 0.25) is 11.9 Å². The van der Waals surface area contributed by atoms with E-state index in [0.717, 1.165) is 16.7 Å². The van der Waals surface area contributed by atoms with E-state index < -0.39 is 57.0 Å². The lowest BCUT2D eigenvalue weighted by Gasteiger charge is -2.40. The lowest BCUT2D eigenvalue weighted by molar-refractivity contribution is -0.118. The van der Waals surface area contributed by atoms with Crippen molar-refractivity contribution in [1.82, 2.24) is 39.5 Å². The normalized spacial score (nSPS) is 21.1. The van der Waals surface area contributed by atoms with Crippen molar-refractivity contribution in [3.8, 4) is 12.1 Å². The summed E-state index contributed by atoms with van der Waals surface area (Å²) >= 11 is 6.42. The number of nitriles is 2. The molecule has 2 aliphatic rings. The fourth-order valence-corrected chi connectivity index (χ4v) is 13.2. The number of aromatic amines is 1. The summed E-state index contributed by atoms with van der Waals surface area (Å²) in [5.41, 5.74) is 1.90. The Morgan fingerprint density at radius 3 is 2.04 bits per heavy atom. The summed E-state index contributed by atoms with van der Waals surface area (Å²) in [6.45, 7) is 8.20. The van der Waals surface area contributed by atoms with Crippen LogP contribution in [-0.4, -0.2) is 124 Å². The lowest BCUT2D eigenvalue weighted by atomic mass is 9.76. The molecule has 0 radical (unpaired) electrons. The lowest BCUT2D eigenvalue weighted by Crippen LogP contribution is -2.53. The maximum absolute atomic E-state index is 13.3. The molecule has 4 N–H and O–H groups in total. The smallest absolute Gasteiger partial charge is 0.280 e. The number of aliphatic imine (C=N–C) groups is 1. The van der Waals surface area contributed by atoms with Crippen LogP contribution in [0.5, 0.6) is 0 Å². The molecule has 23 heteroatoms. The molecule has 0 aliphatic carbocycles. The average Bonchev–Trinajstić information content (AvgIpc) is 4.15. The number of hydrogen-bond donors (Lipinski definition) is 4. The Kier molecular flexibility index (Phi) is 21.0. The van der Waals surface area contributed by atoms with E-state index in [4.69, 9.17) is 44.4 Å². The number of aromatic nitrogens is 4. The van der Waals surface area contributed by atoms with Gasteiger partial charge in [-0.05, 0) is 56.2 Å². The fourth-order valence-electron chi connectivity index (χ4n) is 9.22. The van der Waals surface area contributed by atoms with E-state index >= 15 is 0 Å². The molecule has 2 aliphatic heterocycles. The zero-order valence-corrected chi connectivity index (χ0v) is 46.9. The second-order valence-electron chi connectivity index (χ2n) is 19.6. The minimum absolute atomic E-state index is 0.00391. The zero-order chi connectivity index (χ0) is 54.4. The first-order valence-electron chi connectivity index (χ1n) is 25.5. The average molecular weight is 1100 g/mol. The van der Waals surface area contributed by atoms with Gasteiger partial charge >= 0.3 is 0 Å². The van der Waals surface area contributed by atoms with Crippen molar-refractivity contribution in [1.29, 1.82) is 10.5 Å². The number of imidazole rings is 1. The number of nitrogens with one attached hydrogen (secondary N) is 4. The summed E-state index contributed by atoms with van der Waals surface area (Å²) in [4.78, 5) is 44.4. The second kappa shape index (κ2) is 27.3. The Hall–Kier alpha value is -5.35. The number of fused-ring (bicyclic) bond motifs is 1. The zero-order valence-electron chi connectivity index (χ0n) is 44.3. The summed E-state index contributed by atoms with van der Waals surface area (Å²) < 4.78 is 43.7. The molecule has 0 spiro atoms. The van der Waals surface area contributed by atoms with Crippen LogP contribution in [0.1, 0.15) is 90.1 Å². The Balaban J connectivity index is 1.24. The highest BCUT2D eigenvalue weighted by atomic mass is 32.5. The van der Waals surface area contributed by atoms with Crippen LogP contribution in [-0.2, 0) is 49.7 Å². The van der Waals surface area contributed by atoms with Crippen LogP contribution in [0.25, 0.3) is 11.2 Å². The van der Waals surface area contributed by atoms with Gasteiger partial charge in [-0.1, -0.05) is 105 Å². The van der Waals surface area contributed by atoms with Crippen LogP contribution in [0.4, 0.5) is 5.95 Å². The minimum atomic E-state index is -3.58. The molecule has 3 aromatic carbocycles. The molecule has 0 saturated carbocycles. The standard InChI is InChI=1S/C53H70N12O8P2S/c1-36(2)50(66)59-52-58-49-48(51(67)60-52)57-35-64(49)47-31-43(44(73-47)32-69-74(68-28-18-26-54)65(37(3)4)38(5)6)62-75(76,70-29-19-27-55)71-33-45-42(30-46(72-45)56-34-63(7)8)61-53(39-20-12-9-13-21-39,40-22-14-10-15-23-40)41-24-16-11-17-25-41/h9-17,20-25,34-38,42-47,61H,18-19,28-33H2,1-8H3,(H,62,76)(H2,58,59,60,66,67)/b56-34-. The maximum Gasteiger partial charge on any atom is 0.280 e. The number of nitrogens with zero attached hydrogens (tertiary/aromatic N) is 8. The molecule has 76 heavy (non-hydrogen) atoms. The highest BCUT2D eigenvalue weighted by Gasteiger charge is 2.46. The van der Waals surface area contributed by atoms with Crippen LogP contribution >= 0.6 is 15.2 Å². The molecule has 8 unspecified atom stereocenters. The molecule has 4 heterocycles. The first kappa shape index (κ1) is 58.3. The van der Waals surface area contributed by atoms with Crippen LogP contribution < -0.4 is 21.3 Å². The van der Waals surface area contributed by atoms with Crippen molar-refractivity contribution in [3.63, 3.8) is 0 Å². The van der Waals surface area contributed by atoms with Gasteiger partial charge in [0.25, 0.3) is 20.7 Å². The van der Waals surface area contributed by atoms with Gasteiger partial charge in [-0.2, -0.15) is 15.5 Å². The van der Waals surface area contributed by atoms with Gasteiger partial charge in [0.1, 0.15) is 6.23 Å². The number of hydrogen-bond acceptors (Lipinski definition) is 16. The van der Waals surface area contributed by atoms with Crippen LogP contribution in [0.15, 0.2) is 107 Å². The second-order valence-corrected chi connectivity index (χ2v) is 24.2. The molecule has 7 rings (SSSR count). The van der Waals surface area contributed by atoms with E-state index in [1.165, 1.54) is 6.33 Å². The van der Waals surface area contributed by atoms with Crippen molar-refractivity contribution < 1.29 is 32.4 Å². The van der Waals surface area contributed by atoms with Gasteiger partial charge in [0.15, 0.2) is 17.4 Å². The quantitative estimate of drug-likeness (QED) is 0.0128. The molecule has 20 nitrogen and oxygen atoms in total. The number of carbonyl (C=O) groups is 1. The van der Waals surface area contributed by atoms with E-state index in [9.17, 15) is 20.1 Å². The summed E-state index contributed by atoms with van der Waals surface area (Å²) in [6, 6.07) is 34.3. The Labute approximate surface area is 451 Å². The number of amides is 1. The van der Waals surface area contributed by atoms with Crippen molar-refractivity contribution in [2.24, 2.45) is 10.9 Å². The Morgan fingerprint density at radius 2 is 1.47 bits per heavy atom. The Bertz CT molecular complexity index is 2780. The molecule has 2 saturated heterocycles. The molecule has 2 aromatic heterocycles. The summed E-state index contributed by atoms with van der Waals surface area (Å²) in [6.07, 6.45) is 1.44. The van der Waals surface area contributed by atoms with Crippen LogP contribution in [0.2, 0.25) is 0 Å². The molecule has 0 bridgehead atoms. The molecule has 2 fully saturated rings. The van der Waals surface area contributed by atoms with Gasteiger partial charge in [0, 0.05) is 57.0 Å². The fraction of sp³-hybridized carbons (Fsp3) is 0.491. The van der Waals surface area contributed by atoms with Gasteiger partial charge in [-0.25, -0.2) is 19.7 Å². The summed E-state index contributed by atoms with van der Waals surface area (Å²) in [5.74, 6) is -0.739. The minimum Gasteiger partial charge on any atom is -0.369 e. The van der Waals surface area contributed by atoms with Gasteiger partial charge < -0.3 is 32.5 Å². The van der Waals surface area contributed by atoms with Gasteiger partial charge in [-0.3, -0.25) is 29.8 Å². The molecule has 5 aromatic rings. The van der Waals surface area contributed by atoms with Crippen molar-refractivity contribution in [2.45, 2.75) is 122 Å².